The molecular formula is C13H14FN3O3. The number of carbonyl (C=O) groups excluding carboxylic acids is 1. The number of esters is 1. The molecule has 7 heteroatoms. The van der Waals surface area contributed by atoms with Gasteiger partial charge in [-0.15, -0.1) is 0 Å². The van der Waals surface area contributed by atoms with Crippen molar-refractivity contribution in [3.63, 3.8) is 0 Å². The fraction of sp³-hybridized carbons (Fsp3) is 0.231. The largest absolute Gasteiger partial charge is 0.465 e. The van der Waals surface area contributed by atoms with Crippen molar-refractivity contribution >= 4 is 17.3 Å². The van der Waals surface area contributed by atoms with Gasteiger partial charge in [-0.1, -0.05) is 5.16 Å². The maximum absolute atomic E-state index is 14.6. The zero-order valence-corrected chi connectivity index (χ0v) is 11.3. The fourth-order valence-corrected chi connectivity index (χ4v) is 2.04. The molecule has 106 valence electrons. The number of nitrogen functional groups attached to an aromatic ring is 2. The van der Waals surface area contributed by atoms with Gasteiger partial charge in [0.25, 0.3) is 0 Å². The minimum Gasteiger partial charge on any atom is -0.465 e. The van der Waals surface area contributed by atoms with Crippen molar-refractivity contribution in [3.05, 3.63) is 28.9 Å². The number of benzene rings is 1. The number of aromatic nitrogens is 1. The summed E-state index contributed by atoms with van der Waals surface area (Å²) in [5, 5.41) is 3.75. The van der Waals surface area contributed by atoms with Crippen molar-refractivity contribution in [1.29, 1.82) is 0 Å². The SMILES string of the molecule is COC(=O)c1c(N)c(N)cc(-c2c(C)noc2C)c1F. The maximum Gasteiger partial charge on any atom is 0.343 e. The topological polar surface area (TPSA) is 104 Å². The van der Waals surface area contributed by atoms with Crippen molar-refractivity contribution < 1.29 is 18.4 Å². The third kappa shape index (κ3) is 1.97. The van der Waals surface area contributed by atoms with E-state index in [2.05, 4.69) is 9.89 Å². The Labute approximate surface area is 114 Å². The Balaban J connectivity index is 2.80. The number of nitrogens with zero attached hydrogens (tertiary/aromatic N) is 1. The summed E-state index contributed by atoms with van der Waals surface area (Å²) in [6.45, 7) is 3.30. The number of methoxy groups -OCH3 is 1. The van der Waals surface area contributed by atoms with Crippen LogP contribution in [0, 0.1) is 19.7 Å². The van der Waals surface area contributed by atoms with Crippen LogP contribution in [-0.2, 0) is 4.74 Å². The predicted molar refractivity (Wildman–Crippen MR) is 71.5 cm³/mol. The number of nitrogens with two attached hydrogens (primary N) is 2. The van der Waals surface area contributed by atoms with E-state index in [9.17, 15) is 9.18 Å². The van der Waals surface area contributed by atoms with Crippen molar-refractivity contribution in [1.82, 2.24) is 5.16 Å². The van der Waals surface area contributed by atoms with Crippen LogP contribution in [0.4, 0.5) is 15.8 Å². The summed E-state index contributed by atoms with van der Waals surface area (Å²) in [5.41, 5.74) is 12.0. The van der Waals surface area contributed by atoms with Crippen molar-refractivity contribution in [2.45, 2.75) is 13.8 Å². The zero-order valence-electron chi connectivity index (χ0n) is 11.3. The Hall–Kier alpha value is -2.57. The molecule has 1 aromatic carbocycles. The number of ether oxygens (including phenoxy) is 1. The third-order valence-electron chi connectivity index (χ3n) is 3.03. The molecule has 2 rings (SSSR count). The summed E-state index contributed by atoms with van der Waals surface area (Å²) >= 11 is 0. The molecule has 0 aliphatic heterocycles. The predicted octanol–water partition coefficient (Wildman–Crippen LogP) is 2.05. The lowest BCUT2D eigenvalue weighted by Gasteiger charge is -2.12. The first-order valence-electron chi connectivity index (χ1n) is 5.77. The molecule has 0 amide bonds. The molecule has 0 atom stereocenters. The molecule has 4 N–H and O–H groups in total. The van der Waals surface area contributed by atoms with Crippen LogP contribution in [0.15, 0.2) is 10.6 Å². The highest BCUT2D eigenvalue weighted by Crippen LogP contribution is 2.36. The first-order chi connectivity index (χ1) is 9.38. The molecule has 0 unspecified atom stereocenters. The number of anilines is 2. The second kappa shape index (κ2) is 4.84. The maximum atomic E-state index is 14.6. The molecule has 0 radical (unpaired) electrons. The Morgan fingerprint density at radius 3 is 2.55 bits per heavy atom. The monoisotopic (exact) mass is 279 g/mol. The molecule has 0 bridgehead atoms. The average molecular weight is 279 g/mol. The lowest BCUT2D eigenvalue weighted by atomic mass is 9.98. The van der Waals surface area contributed by atoms with Gasteiger partial charge in [0, 0.05) is 5.56 Å². The van der Waals surface area contributed by atoms with Gasteiger partial charge in [0.15, 0.2) is 0 Å². The van der Waals surface area contributed by atoms with Gasteiger partial charge in [0.1, 0.15) is 17.1 Å². The highest BCUT2D eigenvalue weighted by molar-refractivity contribution is 6.00. The van der Waals surface area contributed by atoms with Crippen LogP contribution >= 0.6 is 0 Å². The Bertz CT molecular complexity index is 675. The third-order valence-corrected chi connectivity index (χ3v) is 3.03. The number of halogens is 1. The summed E-state index contributed by atoms with van der Waals surface area (Å²) in [5.74, 6) is -1.28. The Morgan fingerprint density at radius 2 is 2.05 bits per heavy atom. The van der Waals surface area contributed by atoms with Crippen LogP contribution in [0.25, 0.3) is 11.1 Å². The molecule has 0 saturated carbocycles. The van der Waals surface area contributed by atoms with Crippen LogP contribution in [0.5, 0.6) is 0 Å². The molecular weight excluding hydrogens is 265 g/mol. The summed E-state index contributed by atoms with van der Waals surface area (Å²) in [7, 11) is 1.14. The van der Waals surface area contributed by atoms with Gasteiger partial charge in [-0.25, -0.2) is 9.18 Å². The lowest BCUT2D eigenvalue weighted by Crippen LogP contribution is -2.12. The Morgan fingerprint density at radius 1 is 1.40 bits per heavy atom. The molecule has 0 aliphatic carbocycles. The number of hydrogen-bond acceptors (Lipinski definition) is 6. The fourth-order valence-electron chi connectivity index (χ4n) is 2.04. The zero-order chi connectivity index (χ0) is 15.0. The first-order valence-corrected chi connectivity index (χ1v) is 5.77. The first kappa shape index (κ1) is 13.9. The molecule has 1 heterocycles. The van der Waals surface area contributed by atoms with E-state index in [4.69, 9.17) is 16.0 Å². The smallest absolute Gasteiger partial charge is 0.343 e. The van der Waals surface area contributed by atoms with Crippen molar-refractivity contribution in [2.24, 2.45) is 0 Å². The average Bonchev–Trinajstić information content (AvgIpc) is 2.74. The van der Waals surface area contributed by atoms with E-state index in [1.54, 1.807) is 13.8 Å². The number of hydrogen-bond donors (Lipinski definition) is 2. The van der Waals surface area contributed by atoms with Crippen LogP contribution in [0.3, 0.4) is 0 Å². The van der Waals surface area contributed by atoms with E-state index in [0.717, 1.165) is 7.11 Å². The summed E-state index contributed by atoms with van der Waals surface area (Å²) in [6, 6.07) is 1.35. The van der Waals surface area contributed by atoms with Gasteiger partial charge in [0.05, 0.1) is 29.7 Å². The van der Waals surface area contributed by atoms with E-state index >= 15 is 0 Å². The number of aryl methyl sites for hydroxylation is 2. The van der Waals surface area contributed by atoms with E-state index in [1.165, 1.54) is 6.07 Å². The highest BCUT2D eigenvalue weighted by atomic mass is 19.1. The molecule has 0 saturated heterocycles. The van der Waals surface area contributed by atoms with Crippen molar-refractivity contribution in [3.8, 4) is 11.1 Å². The van der Waals surface area contributed by atoms with Crippen LogP contribution in [-0.4, -0.2) is 18.2 Å². The summed E-state index contributed by atoms with van der Waals surface area (Å²) in [4.78, 5) is 11.7. The highest BCUT2D eigenvalue weighted by Gasteiger charge is 2.25. The second-order valence-corrected chi connectivity index (χ2v) is 4.31. The molecule has 0 aliphatic rings. The second-order valence-electron chi connectivity index (χ2n) is 4.31. The minimum atomic E-state index is -0.889. The molecule has 2 aromatic rings. The molecule has 1 aromatic heterocycles. The summed E-state index contributed by atoms with van der Waals surface area (Å²) in [6.07, 6.45) is 0. The van der Waals surface area contributed by atoms with Gasteiger partial charge >= 0.3 is 5.97 Å². The van der Waals surface area contributed by atoms with Gasteiger partial charge in [-0.05, 0) is 19.9 Å². The molecule has 20 heavy (non-hydrogen) atoms. The standard InChI is InChI=1S/C13H14FN3O3/c1-5-9(6(2)20-17-5)7-4-8(15)12(16)10(11(7)14)13(18)19-3/h4H,15-16H2,1-3H3. The molecule has 6 nitrogen and oxygen atoms in total. The minimum absolute atomic E-state index is 0.0850. The van der Waals surface area contributed by atoms with E-state index in [1.807, 2.05) is 0 Å². The van der Waals surface area contributed by atoms with Gasteiger partial charge in [0.2, 0.25) is 0 Å². The van der Waals surface area contributed by atoms with Gasteiger partial charge in [-0.3, -0.25) is 0 Å². The number of carbonyl (C=O) groups is 1. The van der Waals surface area contributed by atoms with E-state index < -0.39 is 11.8 Å². The quantitative estimate of drug-likeness (QED) is 0.644. The normalized spacial score (nSPS) is 10.6. The van der Waals surface area contributed by atoms with Crippen LogP contribution < -0.4 is 11.5 Å². The summed E-state index contributed by atoms with van der Waals surface area (Å²) < 4.78 is 24.1. The number of rotatable bonds is 2. The van der Waals surface area contributed by atoms with E-state index in [0.29, 0.717) is 17.0 Å². The van der Waals surface area contributed by atoms with E-state index in [-0.39, 0.29) is 22.5 Å². The molecule has 0 spiro atoms. The Kier molecular flexibility index (Phi) is 3.35. The van der Waals surface area contributed by atoms with Crippen molar-refractivity contribution in [2.75, 3.05) is 18.6 Å². The lowest BCUT2D eigenvalue weighted by molar-refractivity contribution is 0.0597. The molecule has 0 fully saturated rings. The van der Waals surface area contributed by atoms with Gasteiger partial charge < -0.3 is 20.7 Å². The van der Waals surface area contributed by atoms with Crippen LogP contribution in [0.2, 0.25) is 0 Å². The van der Waals surface area contributed by atoms with Gasteiger partial charge in [-0.2, -0.15) is 0 Å². The van der Waals surface area contributed by atoms with Crippen LogP contribution in [0.1, 0.15) is 21.8 Å².